The highest BCUT2D eigenvalue weighted by atomic mass is 35.5. The zero-order chi connectivity index (χ0) is 12.7. The third-order valence-corrected chi connectivity index (χ3v) is 3.34. The summed E-state index contributed by atoms with van der Waals surface area (Å²) >= 11 is 6.15. The fraction of sp³-hybridized carbons (Fsp3) is 0.308. The van der Waals surface area contributed by atoms with E-state index in [1.54, 1.807) is 6.92 Å². The van der Waals surface area contributed by atoms with Crippen LogP contribution in [0.15, 0.2) is 6.07 Å². The summed E-state index contributed by atoms with van der Waals surface area (Å²) in [5.41, 5.74) is 1.66. The molecule has 0 aliphatic rings. The van der Waals surface area contributed by atoms with E-state index in [2.05, 4.69) is 4.98 Å². The van der Waals surface area contributed by atoms with Crippen molar-refractivity contribution in [3.05, 3.63) is 39.5 Å². The van der Waals surface area contributed by atoms with Crippen molar-refractivity contribution in [3.8, 4) is 0 Å². The van der Waals surface area contributed by atoms with E-state index in [1.807, 2.05) is 6.92 Å². The Morgan fingerprint density at radius 2 is 1.94 bits per heavy atom. The topological polar surface area (TPSA) is 12.9 Å². The molecule has 0 unspecified atom stereocenters. The number of aryl methyl sites for hydroxylation is 2. The predicted molar refractivity (Wildman–Crippen MR) is 65.5 cm³/mol. The lowest BCUT2D eigenvalue weighted by Crippen LogP contribution is -1.99. The van der Waals surface area contributed by atoms with Gasteiger partial charge in [-0.25, -0.2) is 13.8 Å². The molecule has 4 heteroatoms. The molecule has 0 atom stereocenters. The minimum Gasteiger partial charge on any atom is -0.250 e. The molecule has 1 aromatic heterocycles. The maximum atomic E-state index is 14.0. The van der Waals surface area contributed by atoms with Gasteiger partial charge in [0.2, 0.25) is 0 Å². The van der Waals surface area contributed by atoms with Crippen molar-refractivity contribution < 1.29 is 8.78 Å². The monoisotopic (exact) mass is 255 g/mol. The zero-order valence-corrected chi connectivity index (χ0v) is 10.6. The molecule has 0 aliphatic carbocycles. The highest BCUT2D eigenvalue weighted by Crippen LogP contribution is 2.33. The summed E-state index contributed by atoms with van der Waals surface area (Å²) in [5.74, 6) is -1.03. The van der Waals surface area contributed by atoms with Crippen LogP contribution in [0.2, 0.25) is 5.02 Å². The first-order valence-electron chi connectivity index (χ1n) is 5.40. The van der Waals surface area contributed by atoms with Gasteiger partial charge in [-0.05, 0) is 37.5 Å². The summed E-state index contributed by atoms with van der Waals surface area (Å²) in [7, 11) is 0. The van der Waals surface area contributed by atoms with Crippen molar-refractivity contribution in [1.29, 1.82) is 0 Å². The second-order valence-corrected chi connectivity index (χ2v) is 4.43. The maximum absolute atomic E-state index is 14.0. The molecule has 0 bridgehead atoms. The Labute approximate surface area is 103 Å². The molecule has 90 valence electrons. The van der Waals surface area contributed by atoms with Gasteiger partial charge in [0.1, 0.15) is 17.2 Å². The Morgan fingerprint density at radius 1 is 1.29 bits per heavy atom. The molecular formula is C13H12ClF2N. The van der Waals surface area contributed by atoms with Gasteiger partial charge in [-0.1, -0.05) is 18.5 Å². The van der Waals surface area contributed by atoms with Crippen molar-refractivity contribution in [3.63, 3.8) is 0 Å². The normalized spacial score (nSPS) is 11.2. The van der Waals surface area contributed by atoms with Crippen molar-refractivity contribution in [1.82, 2.24) is 4.98 Å². The van der Waals surface area contributed by atoms with Gasteiger partial charge in [-0.2, -0.15) is 0 Å². The lowest BCUT2D eigenvalue weighted by atomic mass is 10.0. The van der Waals surface area contributed by atoms with Gasteiger partial charge in [0.25, 0.3) is 0 Å². The molecule has 0 saturated carbocycles. The van der Waals surface area contributed by atoms with Crippen LogP contribution in [-0.4, -0.2) is 4.98 Å². The van der Waals surface area contributed by atoms with E-state index in [4.69, 9.17) is 11.6 Å². The fourth-order valence-electron chi connectivity index (χ4n) is 2.01. The average molecular weight is 256 g/mol. The van der Waals surface area contributed by atoms with Crippen molar-refractivity contribution in [2.75, 3.05) is 0 Å². The van der Waals surface area contributed by atoms with Crippen LogP contribution in [0.3, 0.4) is 0 Å². The highest BCUT2D eigenvalue weighted by Gasteiger charge is 2.17. The second-order valence-electron chi connectivity index (χ2n) is 4.06. The van der Waals surface area contributed by atoms with E-state index < -0.39 is 11.6 Å². The van der Waals surface area contributed by atoms with Gasteiger partial charge < -0.3 is 0 Å². The molecule has 0 amide bonds. The summed E-state index contributed by atoms with van der Waals surface area (Å²) in [4.78, 5) is 4.11. The van der Waals surface area contributed by atoms with Crippen LogP contribution in [-0.2, 0) is 6.42 Å². The summed E-state index contributed by atoms with van der Waals surface area (Å²) in [5, 5.41) is 0.363. The molecule has 0 radical (unpaired) electrons. The van der Waals surface area contributed by atoms with Crippen LogP contribution in [0.4, 0.5) is 8.78 Å². The number of benzene rings is 1. The molecule has 0 N–H and O–H groups in total. The highest BCUT2D eigenvalue weighted by molar-refractivity contribution is 6.36. The minimum absolute atomic E-state index is 0.00722. The van der Waals surface area contributed by atoms with Crippen molar-refractivity contribution in [2.24, 2.45) is 0 Å². The Morgan fingerprint density at radius 3 is 2.53 bits per heavy atom. The van der Waals surface area contributed by atoms with Crippen LogP contribution in [0.1, 0.15) is 23.7 Å². The Balaban J connectivity index is 3.02. The van der Waals surface area contributed by atoms with E-state index in [0.29, 0.717) is 12.1 Å². The number of aromatic nitrogens is 1. The van der Waals surface area contributed by atoms with E-state index in [0.717, 1.165) is 11.6 Å². The number of fused-ring (bicyclic) bond motifs is 1. The van der Waals surface area contributed by atoms with Crippen LogP contribution >= 0.6 is 11.6 Å². The molecule has 0 saturated heterocycles. The second kappa shape index (κ2) is 4.22. The Kier molecular flexibility index (Phi) is 3.04. The predicted octanol–water partition coefficient (Wildman–Crippen LogP) is 4.35. The van der Waals surface area contributed by atoms with Crippen molar-refractivity contribution in [2.45, 2.75) is 27.2 Å². The summed E-state index contributed by atoms with van der Waals surface area (Å²) < 4.78 is 27.7. The average Bonchev–Trinajstić information content (AvgIpc) is 2.26. The zero-order valence-electron chi connectivity index (χ0n) is 9.87. The van der Waals surface area contributed by atoms with Gasteiger partial charge >= 0.3 is 0 Å². The lowest BCUT2D eigenvalue weighted by molar-refractivity contribution is 0.607. The number of nitrogens with zero attached hydrogens (tertiary/aromatic N) is 1. The van der Waals surface area contributed by atoms with Gasteiger partial charge in [0.05, 0.1) is 10.4 Å². The van der Waals surface area contributed by atoms with Crippen LogP contribution < -0.4 is 0 Å². The standard InChI is InChI=1S/C13H12ClF2N/c1-4-8-7(3)17-13-9(15)5-6(2)12(16)10(13)11(8)14/h5H,4H2,1-3H3. The minimum atomic E-state index is -0.536. The van der Waals surface area contributed by atoms with E-state index in [1.165, 1.54) is 6.92 Å². The number of rotatable bonds is 1. The van der Waals surface area contributed by atoms with E-state index in [9.17, 15) is 8.78 Å². The molecular weight excluding hydrogens is 244 g/mol. The van der Waals surface area contributed by atoms with Crippen LogP contribution in [0.5, 0.6) is 0 Å². The largest absolute Gasteiger partial charge is 0.250 e. The quantitative estimate of drug-likeness (QED) is 0.738. The van der Waals surface area contributed by atoms with Gasteiger partial charge in [-0.3, -0.25) is 0 Å². The summed E-state index contributed by atoms with van der Waals surface area (Å²) in [6.07, 6.45) is 0.641. The van der Waals surface area contributed by atoms with Crippen LogP contribution in [0, 0.1) is 25.5 Å². The number of halogens is 3. The first kappa shape index (κ1) is 12.2. The molecule has 0 aliphatic heterocycles. The van der Waals surface area contributed by atoms with Gasteiger partial charge in [0.15, 0.2) is 0 Å². The molecule has 1 nitrogen and oxygen atoms in total. The van der Waals surface area contributed by atoms with Crippen LogP contribution in [0.25, 0.3) is 10.9 Å². The smallest absolute Gasteiger partial charge is 0.149 e. The third-order valence-electron chi connectivity index (χ3n) is 2.93. The number of hydrogen-bond donors (Lipinski definition) is 0. The fourth-order valence-corrected chi connectivity index (χ4v) is 2.45. The first-order valence-corrected chi connectivity index (χ1v) is 5.78. The Hall–Kier alpha value is -1.22. The van der Waals surface area contributed by atoms with E-state index in [-0.39, 0.29) is 21.5 Å². The first-order chi connectivity index (χ1) is 7.97. The molecule has 17 heavy (non-hydrogen) atoms. The van der Waals surface area contributed by atoms with Crippen molar-refractivity contribution >= 4 is 22.5 Å². The number of hydrogen-bond acceptors (Lipinski definition) is 1. The maximum Gasteiger partial charge on any atom is 0.149 e. The molecule has 2 rings (SSSR count). The van der Waals surface area contributed by atoms with Gasteiger partial charge in [0, 0.05) is 5.69 Å². The van der Waals surface area contributed by atoms with E-state index >= 15 is 0 Å². The molecule has 1 aromatic carbocycles. The lowest BCUT2D eigenvalue weighted by Gasteiger charge is -2.11. The SMILES string of the molecule is CCc1c(C)nc2c(F)cc(C)c(F)c2c1Cl. The Bertz CT molecular complexity index is 608. The number of pyridine rings is 1. The van der Waals surface area contributed by atoms with Gasteiger partial charge in [-0.15, -0.1) is 0 Å². The molecule has 2 aromatic rings. The molecule has 1 heterocycles. The summed E-state index contributed by atoms with van der Waals surface area (Å²) in [6, 6.07) is 1.14. The summed E-state index contributed by atoms with van der Waals surface area (Å²) in [6.45, 7) is 5.17. The molecule has 0 spiro atoms. The third kappa shape index (κ3) is 1.78. The molecule has 0 fully saturated rings.